The van der Waals surface area contributed by atoms with E-state index in [1.807, 2.05) is 30.3 Å². The Balaban J connectivity index is 0.00000169. The Kier molecular flexibility index (Phi) is 5.71. The average Bonchev–Trinajstić information content (AvgIpc) is 2.04. The fraction of sp³-hybridized carbons (Fsp3) is 0.250. The Hall–Kier alpha value is -0.620. The van der Waals surface area contributed by atoms with Crippen molar-refractivity contribution < 1.29 is 8.42 Å². The molecule has 0 aliphatic heterocycles. The first-order valence-corrected chi connectivity index (χ1v) is 5.70. The fourth-order valence-electron chi connectivity index (χ4n) is 0.865. The molecule has 0 aromatic heterocycles. The van der Waals surface area contributed by atoms with Crippen LogP contribution >= 0.6 is 12.4 Å². The van der Waals surface area contributed by atoms with Gasteiger partial charge in [0.1, 0.15) is 0 Å². The van der Waals surface area contributed by atoms with Crippen molar-refractivity contribution >= 4 is 22.4 Å². The van der Waals surface area contributed by atoms with Crippen LogP contribution in [0.4, 0.5) is 0 Å². The van der Waals surface area contributed by atoms with Crippen LogP contribution in [0.25, 0.3) is 0 Å². The summed E-state index contributed by atoms with van der Waals surface area (Å²) in [6.45, 7) is 0.480. The molecule has 0 saturated heterocycles. The van der Waals surface area contributed by atoms with Gasteiger partial charge >= 0.3 is 0 Å². The van der Waals surface area contributed by atoms with Crippen LogP contribution in [0.5, 0.6) is 0 Å². The normalized spacial score (nSPS) is 10.6. The molecule has 2 N–H and O–H groups in total. The molecule has 1 rings (SSSR count). The minimum atomic E-state index is -3.16. The number of rotatable bonds is 4. The summed E-state index contributed by atoms with van der Waals surface area (Å²) in [6.07, 6.45) is 1.10. The van der Waals surface area contributed by atoms with Gasteiger partial charge in [0.15, 0.2) is 0 Å². The zero-order valence-corrected chi connectivity index (χ0v) is 9.36. The molecule has 0 fully saturated rings. The fourth-order valence-corrected chi connectivity index (χ4v) is 1.20. The Morgan fingerprint density at radius 3 is 2.29 bits per heavy atom. The molecule has 0 aliphatic rings. The Morgan fingerprint density at radius 2 is 1.79 bits per heavy atom. The van der Waals surface area contributed by atoms with Gasteiger partial charge < -0.3 is 0 Å². The number of halogens is 1. The lowest BCUT2D eigenvalue weighted by Gasteiger charge is -2.03. The highest BCUT2D eigenvalue weighted by Gasteiger charge is 1.97. The highest BCUT2D eigenvalue weighted by atomic mass is 35.5. The predicted molar refractivity (Wildman–Crippen MR) is 58.5 cm³/mol. The first-order valence-electron chi connectivity index (χ1n) is 3.81. The van der Waals surface area contributed by atoms with Crippen LogP contribution < -0.4 is 10.3 Å². The standard InChI is InChI=1S/C8H12N2O2S.ClH/c1-13(11,12)10-9-7-8-5-3-2-4-6-8;/h2-6,9-10H,7H2,1H3;1H. The van der Waals surface area contributed by atoms with Crippen LogP contribution in [0.15, 0.2) is 30.3 Å². The van der Waals surface area contributed by atoms with Gasteiger partial charge in [0.05, 0.1) is 6.26 Å². The average molecular weight is 237 g/mol. The molecular formula is C8H13ClN2O2S. The lowest BCUT2D eigenvalue weighted by atomic mass is 10.2. The summed E-state index contributed by atoms with van der Waals surface area (Å²) in [7, 11) is -3.16. The highest BCUT2D eigenvalue weighted by Crippen LogP contribution is 1.96. The van der Waals surface area contributed by atoms with Gasteiger partial charge in [-0.1, -0.05) is 30.3 Å². The van der Waals surface area contributed by atoms with Crippen molar-refractivity contribution in [1.29, 1.82) is 0 Å². The molecule has 14 heavy (non-hydrogen) atoms. The van der Waals surface area contributed by atoms with Crippen LogP contribution in [0.2, 0.25) is 0 Å². The van der Waals surface area contributed by atoms with E-state index in [0.29, 0.717) is 6.54 Å². The topological polar surface area (TPSA) is 58.2 Å². The van der Waals surface area contributed by atoms with Crippen molar-refractivity contribution in [2.24, 2.45) is 0 Å². The van der Waals surface area contributed by atoms with Crippen LogP contribution in [0.1, 0.15) is 5.56 Å². The zero-order chi connectivity index (χ0) is 9.73. The van der Waals surface area contributed by atoms with Gasteiger partial charge in [-0.3, -0.25) is 0 Å². The first kappa shape index (κ1) is 13.4. The molecule has 0 spiro atoms. The Labute approximate surface area is 90.1 Å². The number of hydrogen-bond donors (Lipinski definition) is 2. The van der Waals surface area contributed by atoms with E-state index in [9.17, 15) is 8.42 Å². The lowest BCUT2D eigenvalue weighted by molar-refractivity contribution is 0.561. The SMILES string of the molecule is CS(=O)(=O)NNCc1ccccc1.Cl. The molecule has 0 saturated carbocycles. The second-order valence-corrected chi connectivity index (χ2v) is 4.46. The summed E-state index contributed by atoms with van der Waals surface area (Å²) in [5, 5.41) is 0. The maximum Gasteiger partial charge on any atom is 0.221 e. The molecule has 1 aromatic rings. The van der Waals surface area contributed by atoms with Gasteiger partial charge in [0.2, 0.25) is 10.0 Å². The second-order valence-electron chi connectivity index (χ2n) is 2.71. The van der Waals surface area contributed by atoms with Crippen molar-refractivity contribution in [3.63, 3.8) is 0 Å². The van der Waals surface area contributed by atoms with E-state index in [4.69, 9.17) is 0 Å². The minimum absolute atomic E-state index is 0. The van der Waals surface area contributed by atoms with Gasteiger partial charge in [-0.15, -0.1) is 12.4 Å². The molecule has 80 valence electrons. The third-order valence-corrected chi connectivity index (χ3v) is 1.91. The van der Waals surface area contributed by atoms with E-state index in [-0.39, 0.29) is 12.4 Å². The molecule has 0 bridgehead atoms. The van der Waals surface area contributed by atoms with Crippen LogP contribution in [0.3, 0.4) is 0 Å². The quantitative estimate of drug-likeness (QED) is 0.756. The van der Waals surface area contributed by atoms with Gasteiger partial charge in [0.25, 0.3) is 0 Å². The summed E-state index contributed by atoms with van der Waals surface area (Å²) in [6, 6.07) is 9.54. The molecular weight excluding hydrogens is 224 g/mol. The largest absolute Gasteiger partial charge is 0.240 e. The maximum atomic E-state index is 10.6. The highest BCUT2D eigenvalue weighted by molar-refractivity contribution is 7.88. The van der Waals surface area contributed by atoms with Gasteiger partial charge in [0, 0.05) is 6.54 Å². The predicted octanol–water partition coefficient (Wildman–Crippen LogP) is 0.662. The molecule has 0 amide bonds. The molecule has 0 atom stereocenters. The third-order valence-electron chi connectivity index (χ3n) is 1.39. The van der Waals surface area contributed by atoms with E-state index in [1.165, 1.54) is 0 Å². The zero-order valence-electron chi connectivity index (χ0n) is 7.73. The van der Waals surface area contributed by atoms with Gasteiger partial charge in [-0.2, -0.15) is 4.83 Å². The molecule has 1 aromatic carbocycles. The smallest absolute Gasteiger partial charge is 0.221 e. The van der Waals surface area contributed by atoms with Crippen molar-refractivity contribution in [2.45, 2.75) is 6.54 Å². The third kappa shape index (κ3) is 5.93. The maximum absolute atomic E-state index is 10.6. The number of benzene rings is 1. The number of hydrazine groups is 1. The molecule has 0 unspecified atom stereocenters. The molecule has 0 aliphatic carbocycles. The van der Waals surface area contributed by atoms with Crippen molar-refractivity contribution in [3.8, 4) is 0 Å². The second kappa shape index (κ2) is 5.98. The molecule has 4 nitrogen and oxygen atoms in total. The van der Waals surface area contributed by atoms with E-state index < -0.39 is 10.0 Å². The van der Waals surface area contributed by atoms with Crippen molar-refractivity contribution in [1.82, 2.24) is 10.3 Å². The van der Waals surface area contributed by atoms with Crippen LogP contribution in [-0.2, 0) is 16.6 Å². The molecule has 0 radical (unpaired) electrons. The molecule has 0 heterocycles. The summed E-state index contributed by atoms with van der Waals surface area (Å²) in [5.41, 5.74) is 3.63. The summed E-state index contributed by atoms with van der Waals surface area (Å²) < 4.78 is 21.3. The summed E-state index contributed by atoms with van der Waals surface area (Å²) in [5.74, 6) is 0. The van der Waals surface area contributed by atoms with Gasteiger partial charge in [-0.05, 0) is 5.56 Å². The van der Waals surface area contributed by atoms with Gasteiger partial charge in [-0.25, -0.2) is 13.8 Å². The molecule has 6 heteroatoms. The monoisotopic (exact) mass is 236 g/mol. The van der Waals surface area contributed by atoms with Crippen LogP contribution in [-0.4, -0.2) is 14.7 Å². The number of hydrogen-bond acceptors (Lipinski definition) is 3. The first-order chi connectivity index (χ1) is 6.08. The number of sulfonamides is 1. The Bertz CT molecular complexity index is 353. The lowest BCUT2D eigenvalue weighted by Crippen LogP contribution is -2.35. The van der Waals surface area contributed by atoms with E-state index in [1.54, 1.807) is 0 Å². The van der Waals surface area contributed by atoms with E-state index >= 15 is 0 Å². The van der Waals surface area contributed by atoms with Crippen LogP contribution in [0, 0.1) is 0 Å². The van der Waals surface area contributed by atoms with Crippen molar-refractivity contribution in [3.05, 3.63) is 35.9 Å². The Morgan fingerprint density at radius 1 is 1.21 bits per heavy atom. The number of nitrogens with one attached hydrogen (secondary N) is 2. The van der Waals surface area contributed by atoms with E-state index in [2.05, 4.69) is 10.3 Å². The minimum Gasteiger partial charge on any atom is -0.240 e. The summed E-state index contributed by atoms with van der Waals surface area (Å²) in [4.78, 5) is 2.19. The van der Waals surface area contributed by atoms with Crippen molar-refractivity contribution in [2.75, 3.05) is 6.26 Å². The van der Waals surface area contributed by atoms with E-state index in [0.717, 1.165) is 11.8 Å². The summed E-state index contributed by atoms with van der Waals surface area (Å²) >= 11 is 0.